The van der Waals surface area contributed by atoms with E-state index in [0.29, 0.717) is 0 Å². The number of aromatic nitrogens is 2. The molecule has 15 heavy (non-hydrogen) atoms. The van der Waals surface area contributed by atoms with Gasteiger partial charge in [0, 0.05) is 26.4 Å². The van der Waals surface area contributed by atoms with Crippen LogP contribution < -0.4 is 5.32 Å². The lowest BCUT2D eigenvalue weighted by Crippen LogP contribution is -2.12. The highest BCUT2D eigenvalue weighted by Crippen LogP contribution is 2.04. The minimum absolute atomic E-state index is 0.742. The van der Waals surface area contributed by atoms with Gasteiger partial charge in [-0.25, -0.2) is 4.98 Å². The number of nitrogens with one attached hydrogen (secondary N) is 1. The third-order valence-corrected chi connectivity index (χ3v) is 2.17. The molecule has 1 N–H and O–H groups in total. The van der Waals surface area contributed by atoms with E-state index in [0.717, 1.165) is 37.8 Å². The average molecular weight is 211 g/mol. The van der Waals surface area contributed by atoms with E-state index >= 15 is 0 Å². The molecule has 4 heteroatoms. The molecule has 0 aromatic carbocycles. The summed E-state index contributed by atoms with van der Waals surface area (Å²) in [5.74, 6) is 0.909. The van der Waals surface area contributed by atoms with Crippen molar-refractivity contribution in [2.75, 3.05) is 25.1 Å². The fraction of sp³-hybridized carbons (Fsp3) is 0.727. The molecule has 0 unspecified atom stereocenters. The molecular formula is C11H21N3O. The predicted molar refractivity (Wildman–Crippen MR) is 62.2 cm³/mol. The highest BCUT2D eigenvalue weighted by molar-refractivity contribution is 5.27. The molecule has 4 nitrogen and oxygen atoms in total. The number of hydrogen-bond donors (Lipinski definition) is 1. The Hall–Kier alpha value is -1.03. The highest BCUT2D eigenvalue weighted by Gasteiger charge is 1.99. The molecule has 0 fully saturated rings. The number of nitrogens with zero attached hydrogens (tertiary/aromatic N) is 2. The monoisotopic (exact) mass is 211 g/mol. The van der Waals surface area contributed by atoms with Crippen LogP contribution in [0.15, 0.2) is 6.20 Å². The van der Waals surface area contributed by atoms with Gasteiger partial charge in [-0.3, -0.25) is 0 Å². The van der Waals surface area contributed by atoms with Crippen LogP contribution >= 0.6 is 0 Å². The Labute approximate surface area is 91.7 Å². The van der Waals surface area contributed by atoms with Crippen molar-refractivity contribution in [3.05, 3.63) is 11.9 Å². The van der Waals surface area contributed by atoms with Crippen LogP contribution in [0.1, 0.15) is 25.5 Å². The zero-order chi connectivity index (χ0) is 11.1. The molecular weight excluding hydrogens is 190 g/mol. The van der Waals surface area contributed by atoms with Crippen LogP contribution in [0.4, 0.5) is 5.95 Å². The van der Waals surface area contributed by atoms with Crippen LogP contribution in [0.25, 0.3) is 0 Å². The number of imidazole rings is 1. The first-order valence-corrected chi connectivity index (χ1v) is 5.55. The summed E-state index contributed by atoms with van der Waals surface area (Å²) in [5.41, 5.74) is 1.03. The van der Waals surface area contributed by atoms with Crippen LogP contribution in [-0.2, 0) is 11.8 Å². The molecule has 86 valence electrons. The fourth-order valence-electron chi connectivity index (χ4n) is 1.36. The van der Waals surface area contributed by atoms with Gasteiger partial charge in [-0.15, -0.1) is 0 Å². The number of aryl methyl sites for hydroxylation is 2. The number of unbranched alkanes of at least 4 members (excludes halogenated alkanes) is 1. The molecule has 0 radical (unpaired) electrons. The predicted octanol–water partition coefficient (Wildman–Crippen LogP) is 1.96. The second-order valence-electron chi connectivity index (χ2n) is 3.71. The second-order valence-corrected chi connectivity index (χ2v) is 3.71. The standard InChI is InChI=1S/C11H21N3O/c1-4-5-7-15-8-6-12-11-13-10(2)9-14(11)3/h9H,4-8H2,1-3H3,(H,12,13). The minimum Gasteiger partial charge on any atom is -0.380 e. The smallest absolute Gasteiger partial charge is 0.202 e. The second kappa shape index (κ2) is 6.45. The molecule has 0 atom stereocenters. The Bertz CT molecular complexity index is 283. The maximum atomic E-state index is 5.44. The lowest BCUT2D eigenvalue weighted by Gasteiger charge is -2.06. The van der Waals surface area contributed by atoms with Gasteiger partial charge in [-0.1, -0.05) is 13.3 Å². The maximum Gasteiger partial charge on any atom is 0.202 e. The van der Waals surface area contributed by atoms with Crippen molar-refractivity contribution in [2.24, 2.45) is 7.05 Å². The summed E-state index contributed by atoms with van der Waals surface area (Å²) >= 11 is 0. The normalized spacial score (nSPS) is 10.6. The van der Waals surface area contributed by atoms with E-state index in [2.05, 4.69) is 17.2 Å². The Balaban J connectivity index is 2.12. The van der Waals surface area contributed by atoms with Crippen LogP contribution in [-0.4, -0.2) is 29.3 Å². The summed E-state index contributed by atoms with van der Waals surface area (Å²) in [6.45, 7) is 6.57. The van der Waals surface area contributed by atoms with Gasteiger partial charge < -0.3 is 14.6 Å². The van der Waals surface area contributed by atoms with E-state index < -0.39 is 0 Å². The summed E-state index contributed by atoms with van der Waals surface area (Å²) < 4.78 is 7.43. The van der Waals surface area contributed by atoms with Crippen molar-refractivity contribution in [1.29, 1.82) is 0 Å². The zero-order valence-corrected chi connectivity index (χ0v) is 9.92. The molecule has 0 aliphatic rings. The molecule has 1 heterocycles. The minimum atomic E-state index is 0.742. The van der Waals surface area contributed by atoms with Gasteiger partial charge in [0.2, 0.25) is 5.95 Å². The Morgan fingerprint density at radius 2 is 2.27 bits per heavy atom. The van der Waals surface area contributed by atoms with Crippen molar-refractivity contribution < 1.29 is 4.74 Å². The molecule has 1 aromatic rings. The van der Waals surface area contributed by atoms with E-state index in [1.807, 2.05) is 24.7 Å². The topological polar surface area (TPSA) is 39.1 Å². The Morgan fingerprint density at radius 1 is 1.47 bits per heavy atom. The molecule has 1 rings (SSSR count). The van der Waals surface area contributed by atoms with Crippen LogP contribution in [0.3, 0.4) is 0 Å². The SMILES string of the molecule is CCCCOCCNc1nc(C)cn1C. The summed E-state index contributed by atoms with van der Waals surface area (Å²) in [4.78, 5) is 4.34. The molecule has 0 saturated heterocycles. The molecule has 0 spiro atoms. The van der Waals surface area contributed by atoms with Gasteiger partial charge in [0.25, 0.3) is 0 Å². The fourth-order valence-corrected chi connectivity index (χ4v) is 1.36. The van der Waals surface area contributed by atoms with E-state index in [1.54, 1.807) is 0 Å². The van der Waals surface area contributed by atoms with E-state index in [1.165, 1.54) is 6.42 Å². The van der Waals surface area contributed by atoms with Gasteiger partial charge in [-0.2, -0.15) is 0 Å². The molecule has 0 aliphatic heterocycles. The summed E-state index contributed by atoms with van der Waals surface area (Å²) in [7, 11) is 1.99. The molecule has 0 amide bonds. The maximum absolute atomic E-state index is 5.44. The van der Waals surface area contributed by atoms with Crippen molar-refractivity contribution in [3.63, 3.8) is 0 Å². The van der Waals surface area contributed by atoms with Crippen LogP contribution in [0, 0.1) is 6.92 Å². The highest BCUT2D eigenvalue weighted by atomic mass is 16.5. The van der Waals surface area contributed by atoms with Crippen molar-refractivity contribution in [3.8, 4) is 0 Å². The molecule has 0 aliphatic carbocycles. The van der Waals surface area contributed by atoms with Crippen molar-refractivity contribution in [1.82, 2.24) is 9.55 Å². The number of hydrogen-bond acceptors (Lipinski definition) is 3. The summed E-state index contributed by atoms with van der Waals surface area (Å²) in [6.07, 6.45) is 4.33. The average Bonchev–Trinajstić information content (AvgIpc) is 2.51. The molecule has 0 bridgehead atoms. The van der Waals surface area contributed by atoms with Crippen molar-refractivity contribution in [2.45, 2.75) is 26.7 Å². The van der Waals surface area contributed by atoms with Gasteiger partial charge in [0.1, 0.15) is 0 Å². The Morgan fingerprint density at radius 3 is 2.87 bits per heavy atom. The lowest BCUT2D eigenvalue weighted by molar-refractivity contribution is 0.141. The first-order valence-electron chi connectivity index (χ1n) is 5.55. The summed E-state index contributed by atoms with van der Waals surface area (Å²) in [5, 5.41) is 3.24. The number of anilines is 1. The number of ether oxygens (including phenoxy) is 1. The largest absolute Gasteiger partial charge is 0.380 e. The summed E-state index contributed by atoms with van der Waals surface area (Å²) in [6, 6.07) is 0. The van der Waals surface area contributed by atoms with Gasteiger partial charge in [0.05, 0.1) is 12.3 Å². The third-order valence-electron chi connectivity index (χ3n) is 2.17. The van der Waals surface area contributed by atoms with Crippen LogP contribution in [0.2, 0.25) is 0 Å². The first kappa shape index (κ1) is 12.0. The molecule has 1 aromatic heterocycles. The van der Waals surface area contributed by atoms with E-state index in [4.69, 9.17) is 4.74 Å². The third kappa shape index (κ3) is 4.34. The number of rotatable bonds is 7. The van der Waals surface area contributed by atoms with Gasteiger partial charge in [0.15, 0.2) is 0 Å². The van der Waals surface area contributed by atoms with Crippen LogP contribution in [0.5, 0.6) is 0 Å². The van der Waals surface area contributed by atoms with E-state index in [9.17, 15) is 0 Å². The molecule has 0 saturated carbocycles. The van der Waals surface area contributed by atoms with Crippen molar-refractivity contribution >= 4 is 5.95 Å². The Kier molecular flexibility index (Phi) is 5.18. The van der Waals surface area contributed by atoms with Gasteiger partial charge >= 0.3 is 0 Å². The zero-order valence-electron chi connectivity index (χ0n) is 9.92. The first-order chi connectivity index (χ1) is 7.24. The quantitative estimate of drug-likeness (QED) is 0.701. The van der Waals surface area contributed by atoms with E-state index in [-0.39, 0.29) is 0 Å². The van der Waals surface area contributed by atoms with Gasteiger partial charge in [-0.05, 0) is 13.3 Å². The lowest BCUT2D eigenvalue weighted by atomic mass is 10.4.